The minimum atomic E-state index is -4.13. The molecule has 0 spiro atoms. The molecule has 8 nitrogen and oxygen atoms in total. The summed E-state index contributed by atoms with van der Waals surface area (Å²) >= 11 is 0. The molecule has 3 rings (SSSR count). The Hall–Kier alpha value is -3.85. The minimum Gasteiger partial charge on any atom is -0.494 e. The standard InChI is InChI=1S/C32H41N3O5S/c1-5-25(4)33-32(37)30(6-2)34(23-22-26-14-10-8-11-15-26)31(36)24-35(27-16-12-9-13-17-27)41(38,39)29-20-18-28(19-21-29)40-7-3/h8-21,25,30H,5-7,22-24H2,1-4H3,(H,33,37). The highest BCUT2D eigenvalue weighted by molar-refractivity contribution is 7.92. The highest BCUT2D eigenvalue weighted by Crippen LogP contribution is 2.26. The van der Waals surface area contributed by atoms with E-state index in [9.17, 15) is 18.0 Å². The zero-order chi connectivity index (χ0) is 29.8. The van der Waals surface area contributed by atoms with Gasteiger partial charge in [-0.1, -0.05) is 62.4 Å². The quantitative estimate of drug-likeness (QED) is 0.272. The summed E-state index contributed by atoms with van der Waals surface area (Å²) in [4.78, 5) is 28.9. The topological polar surface area (TPSA) is 96.0 Å². The van der Waals surface area contributed by atoms with Crippen LogP contribution in [-0.2, 0) is 26.0 Å². The molecular weight excluding hydrogens is 538 g/mol. The van der Waals surface area contributed by atoms with E-state index < -0.39 is 28.5 Å². The van der Waals surface area contributed by atoms with Crippen LogP contribution in [0.3, 0.4) is 0 Å². The Morgan fingerprint density at radius 3 is 2.02 bits per heavy atom. The fourth-order valence-electron chi connectivity index (χ4n) is 4.46. The van der Waals surface area contributed by atoms with Crippen molar-refractivity contribution < 1.29 is 22.7 Å². The first-order valence-electron chi connectivity index (χ1n) is 14.2. The van der Waals surface area contributed by atoms with Gasteiger partial charge in [-0.2, -0.15) is 0 Å². The number of anilines is 1. The van der Waals surface area contributed by atoms with Crippen molar-refractivity contribution in [1.82, 2.24) is 10.2 Å². The van der Waals surface area contributed by atoms with Gasteiger partial charge in [-0.15, -0.1) is 0 Å². The molecule has 3 aromatic carbocycles. The van der Waals surface area contributed by atoms with Crippen LogP contribution in [-0.4, -0.2) is 56.9 Å². The highest BCUT2D eigenvalue weighted by atomic mass is 32.2. The number of carbonyl (C=O) groups excluding carboxylic acids is 2. The number of nitrogens with zero attached hydrogens (tertiary/aromatic N) is 2. The Morgan fingerprint density at radius 1 is 0.854 bits per heavy atom. The zero-order valence-corrected chi connectivity index (χ0v) is 25.1. The van der Waals surface area contributed by atoms with Crippen molar-refractivity contribution in [3.05, 3.63) is 90.5 Å². The molecule has 0 aliphatic heterocycles. The van der Waals surface area contributed by atoms with Crippen LogP contribution < -0.4 is 14.4 Å². The van der Waals surface area contributed by atoms with E-state index in [1.165, 1.54) is 17.0 Å². The predicted octanol–water partition coefficient (Wildman–Crippen LogP) is 5.05. The number of hydrogen-bond acceptors (Lipinski definition) is 5. The van der Waals surface area contributed by atoms with Crippen molar-refractivity contribution in [2.24, 2.45) is 0 Å². The van der Waals surface area contributed by atoms with Crippen LogP contribution in [0, 0.1) is 0 Å². The SMILES string of the molecule is CCOc1ccc(S(=O)(=O)N(CC(=O)N(CCc2ccccc2)C(CC)C(=O)NC(C)CC)c2ccccc2)cc1. The van der Waals surface area contributed by atoms with E-state index >= 15 is 0 Å². The summed E-state index contributed by atoms with van der Waals surface area (Å²) in [6.45, 7) is 7.87. The molecule has 2 unspecified atom stereocenters. The lowest BCUT2D eigenvalue weighted by Gasteiger charge is -2.33. The van der Waals surface area contributed by atoms with Gasteiger partial charge < -0.3 is 15.0 Å². The molecule has 2 amide bonds. The van der Waals surface area contributed by atoms with E-state index in [4.69, 9.17) is 4.74 Å². The monoisotopic (exact) mass is 579 g/mol. The Morgan fingerprint density at radius 2 is 1.46 bits per heavy atom. The van der Waals surface area contributed by atoms with Crippen molar-refractivity contribution in [1.29, 1.82) is 0 Å². The number of rotatable bonds is 15. The van der Waals surface area contributed by atoms with E-state index in [-0.39, 0.29) is 23.4 Å². The van der Waals surface area contributed by atoms with Gasteiger partial charge in [-0.05, 0) is 75.1 Å². The number of ether oxygens (including phenoxy) is 1. The molecule has 0 heterocycles. The van der Waals surface area contributed by atoms with Gasteiger partial charge in [0.15, 0.2) is 0 Å². The van der Waals surface area contributed by atoms with Gasteiger partial charge in [-0.3, -0.25) is 13.9 Å². The van der Waals surface area contributed by atoms with Crippen LogP contribution in [0.1, 0.15) is 46.1 Å². The maximum Gasteiger partial charge on any atom is 0.264 e. The molecule has 0 aliphatic rings. The van der Waals surface area contributed by atoms with Gasteiger partial charge in [0.05, 0.1) is 17.2 Å². The van der Waals surface area contributed by atoms with Gasteiger partial charge in [0.1, 0.15) is 18.3 Å². The number of amides is 2. The van der Waals surface area contributed by atoms with Crippen LogP contribution in [0.15, 0.2) is 89.8 Å². The van der Waals surface area contributed by atoms with Gasteiger partial charge >= 0.3 is 0 Å². The normalized spacial score (nSPS) is 12.7. The molecule has 0 radical (unpaired) electrons. The number of nitrogens with one attached hydrogen (secondary N) is 1. The third kappa shape index (κ3) is 8.57. The molecule has 9 heteroatoms. The smallest absolute Gasteiger partial charge is 0.264 e. The second kappa shape index (κ2) is 15.2. The molecule has 0 aromatic heterocycles. The van der Waals surface area contributed by atoms with Crippen LogP contribution in [0.2, 0.25) is 0 Å². The lowest BCUT2D eigenvalue weighted by molar-refractivity contribution is -0.139. The lowest BCUT2D eigenvalue weighted by atomic mass is 10.1. The van der Waals surface area contributed by atoms with E-state index in [1.54, 1.807) is 42.5 Å². The van der Waals surface area contributed by atoms with Crippen molar-refractivity contribution >= 4 is 27.5 Å². The number of benzene rings is 3. The molecule has 1 N–H and O–H groups in total. The Labute approximate surface area is 244 Å². The summed E-state index contributed by atoms with van der Waals surface area (Å²) in [5.41, 5.74) is 1.37. The average Bonchev–Trinajstić information content (AvgIpc) is 2.99. The van der Waals surface area contributed by atoms with Gasteiger partial charge in [0, 0.05) is 12.6 Å². The van der Waals surface area contributed by atoms with Gasteiger partial charge in [0.25, 0.3) is 10.0 Å². The zero-order valence-electron chi connectivity index (χ0n) is 24.3. The Kier molecular flexibility index (Phi) is 11.8. The van der Waals surface area contributed by atoms with Crippen LogP contribution in [0.25, 0.3) is 0 Å². The minimum absolute atomic E-state index is 0.0370. The molecule has 3 aromatic rings. The molecule has 2 atom stereocenters. The molecule has 0 saturated heterocycles. The fourth-order valence-corrected chi connectivity index (χ4v) is 5.88. The fraction of sp³-hybridized carbons (Fsp3) is 0.375. The highest BCUT2D eigenvalue weighted by Gasteiger charge is 2.33. The molecule has 0 fully saturated rings. The van der Waals surface area contributed by atoms with Gasteiger partial charge in [-0.25, -0.2) is 8.42 Å². The second-order valence-electron chi connectivity index (χ2n) is 9.82. The molecular formula is C32H41N3O5S. The summed E-state index contributed by atoms with van der Waals surface area (Å²) in [6.07, 6.45) is 1.67. The van der Waals surface area contributed by atoms with Crippen molar-refractivity contribution in [3.8, 4) is 5.75 Å². The number of para-hydroxylation sites is 1. The van der Waals surface area contributed by atoms with Crippen LogP contribution >= 0.6 is 0 Å². The van der Waals surface area contributed by atoms with Crippen molar-refractivity contribution in [3.63, 3.8) is 0 Å². The summed E-state index contributed by atoms with van der Waals surface area (Å²) in [7, 11) is -4.13. The van der Waals surface area contributed by atoms with Crippen LogP contribution in [0.5, 0.6) is 5.75 Å². The van der Waals surface area contributed by atoms with Crippen LogP contribution in [0.4, 0.5) is 5.69 Å². The van der Waals surface area contributed by atoms with E-state index in [0.29, 0.717) is 30.9 Å². The number of carbonyl (C=O) groups is 2. The Bertz CT molecular complexity index is 1350. The first-order chi connectivity index (χ1) is 19.7. The summed E-state index contributed by atoms with van der Waals surface area (Å²) in [6, 6.07) is 23.6. The maximum atomic E-state index is 14.0. The van der Waals surface area contributed by atoms with E-state index in [1.807, 2.05) is 58.0 Å². The van der Waals surface area contributed by atoms with Crippen molar-refractivity contribution in [2.45, 2.75) is 63.9 Å². The van der Waals surface area contributed by atoms with Crippen molar-refractivity contribution in [2.75, 3.05) is 24.0 Å². The summed E-state index contributed by atoms with van der Waals surface area (Å²) in [5, 5.41) is 2.99. The Balaban J connectivity index is 1.97. The predicted molar refractivity (Wildman–Crippen MR) is 162 cm³/mol. The molecule has 220 valence electrons. The maximum absolute atomic E-state index is 14.0. The molecule has 0 bridgehead atoms. The summed E-state index contributed by atoms with van der Waals surface area (Å²) in [5.74, 6) is -0.145. The van der Waals surface area contributed by atoms with E-state index in [2.05, 4.69) is 5.32 Å². The lowest BCUT2D eigenvalue weighted by Crippen LogP contribution is -2.54. The second-order valence-corrected chi connectivity index (χ2v) is 11.7. The average molecular weight is 580 g/mol. The van der Waals surface area contributed by atoms with E-state index in [0.717, 1.165) is 16.3 Å². The third-order valence-corrected chi connectivity index (χ3v) is 8.71. The largest absolute Gasteiger partial charge is 0.494 e. The number of sulfonamides is 1. The third-order valence-electron chi connectivity index (χ3n) is 6.92. The molecule has 41 heavy (non-hydrogen) atoms. The molecule has 0 aliphatic carbocycles. The van der Waals surface area contributed by atoms with Gasteiger partial charge in [0.2, 0.25) is 11.8 Å². The first kappa shape index (κ1) is 31.7. The first-order valence-corrected chi connectivity index (χ1v) is 15.6. The number of hydrogen-bond donors (Lipinski definition) is 1. The summed E-state index contributed by atoms with van der Waals surface area (Å²) < 4.78 is 34.4. The molecule has 0 saturated carbocycles.